The molecule has 24 heavy (non-hydrogen) atoms. The Hall–Kier alpha value is -3.61. The van der Waals surface area contributed by atoms with Gasteiger partial charge in [-0.15, -0.1) is 0 Å². The number of ether oxygens (including phenoxy) is 1. The normalized spacial score (nSPS) is 10.7. The Balaban J connectivity index is 1.55. The van der Waals surface area contributed by atoms with Crippen molar-refractivity contribution < 1.29 is 9.26 Å². The molecule has 0 saturated carbocycles. The maximum absolute atomic E-state index is 5.78. The van der Waals surface area contributed by atoms with Crippen molar-refractivity contribution >= 4 is 5.69 Å². The van der Waals surface area contributed by atoms with Crippen LogP contribution in [0.3, 0.4) is 0 Å². The summed E-state index contributed by atoms with van der Waals surface area (Å²) in [5.74, 6) is 2.23. The Labute approximate surface area is 137 Å². The summed E-state index contributed by atoms with van der Waals surface area (Å²) in [7, 11) is 0. The Bertz CT molecular complexity index is 945. The first-order chi connectivity index (χ1) is 11.8. The van der Waals surface area contributed by atoms with Gasteiger partial charge in [0.05, 0.1) is 5.69 Å². The Morgan fingerprint density at radius 3 is 2.42 bits per heavy atom. The highest BCUT2D eigenvalue weighted by Gasteiger charge is 2.15. The number of H-pyrrole nitrogens is 1. The van der Waals surface area contributed by atoms with Crippen LogP contribution in [0.15, 0.2) is 65.3 Å². The first-order valence-corrected chi connectivity index (χ1v) is 7.26. The number of aromatic nitrogens is 4. The lowest BCUT2D eigenvalue weighted by atomic mass is 10.2. The van der Waals surface area contributed by atoms with Gasteiger partial charge in [-0.25, -0.2) is 0 Å². The number of rotatable bonds is 4. The molecule has 0 fully saturated rings. The van der Waals surface area contributed by atoms with Crippen LogP contribution < -0.4 is 10.5 Å². The van der Waals surface area contributed by atoms with Crippen molar-refractivity contribution in [3.8, 4) is 34.5 Å². The fourth-order valence-corrected chi connectivity index (χ4v) is 2.20. The summed E-state index contributed by atoms with van der Waals surface area (Å²) in [6, 6.07) is 17.0. The molecule has 7 nitrogen and oxygen atoms in total. The van der Waals surface area contributed by atoms with E-state index in [1.165, 1.54) is 0 Å². The van der Waals surface area contributed by atoms with E-state index < -0.39 is 0 Å². The van der Waals surface area contributed by atoms with Crippen molar-refractivity contribution in [1.29, 1.82) is 0 Å². The van der Waals surface area contributed by atoms with Gasteiger partial charge in [0.2, 0.25) is 5.82 Å². The van der Waals surface area contributed by atoms with Gasteiger partial charge in [0.1, 0.15) is 11.5 Å². The van der Waals surface area contributed by atoms with E-state index in [0.29, 0.717) is 17.2 Å². The average molecular weight is 319 g/mol. The van der Waals surface area contributed by atoms with Crippen LogP contribution in [0.1, 0.15) is 0 Å². The Morgan fingerprint density at radius 2 is 1.71 bits per heavy atom. The molecule has 4 aromatic rings. The predicted octanol–water partition coefficient (Wildman–Crippen LogP) is 3.50. The molecule has 2 heterocycles. The van der Waals surface area contributed by atoms with E-state index in [2.05, 4.69) is 20.3 Å². The summed E-state index contributed by atoms with van der Waals surface area (Å²) < 4.78 is 11.0. The van der Waals surface area contributed by atoms with Crippen LogP contribution in [0.4, 0.5) is 5.69 Å². The number of hydrogen-bond donors (Lipinski definition) is 2. The summed E-state index contributed by atoms with van der Waals surface area (Å²) >= 11 is 0. The van der Waals surface area contributed by atoms with E-state index in [1.54, 1.807) is 6.20 Å². The lowest BCUT2D eigenvalue weighted by Gasteiger charge is -2.05. The van der Waals surface area contributed by atoms with E-state index >= 15 is 0 Å². The van der Waals surface area contributed by atoms with Gasteiger partial charge in [-0.3, -0.25) is 5.10 Å². The van der Waals surface area contributed by atoms with Crippen molar-refractivity contribution in [1.82, 2.24) is 20.3 Å². The summed E-state index contributed by atoms with van der Waals surface area (Å²) in [6.45, 7) is 0. The second-order valence-corrected chi connectivity index (χ2v) is 5.05. The topological polar surface area (TPSA) is 103 Å². The number of nitrogens with two attached hydrogens (primary N) is 1. The number of aromatic amines is 1. The van der Waals surface area contributed by atoms with E-state index in [0.717, 1.165) is 17.1 Å². The molecule has 7 heteroatoms. The van der Waals surface area contributed by atoms with Crippen molar-refractivity contribution in [2.24, 2.45) is 0 Å². The van der Waals surface area contributed by atoms with Gasteiger partial charge in [-0.1, -0.05) is 23.4 Å². The van der Waals surface area contributed by atoms with Crippen molar-refractivity contribution in [3.63, 3.8) is 0 Å². The van der Waals surface area contributed by atoms with Gasteiger partial charge < -0.3 is 15.0 Å². The third kappa shape index (κ3) is 2.70. The smallest absolute Gasteiger partial charge is 0.280 e. The highest BCUT2D eigenvalue weighted by Crippen LogP contribution is 2.27. The maximum Gasteiger partial charge on any atom is 0.280 e. The number of nitrogen functional groups attached to an aromatic ring is 1. The van der Waals surface area contributed by atoms with Gasteiger partial charge >= 0.3 is 0 Å². The van der Waals surface area contributed by atoms with Crippen molar-refractivity contribution in [3.05, 3.63) is 60.8 Å². The summed E-state index contributed by atoms with van der Waals surface area (Å²) in [6.07, 6.45) is 1.56. The van der Waals surface area contributed by atoms with Crippen LogP contribution in [-0.2, 0) is 0 Å². The Kier molecular flexibility index (Phi) is 3.43. The minimum atomic E-state index is 0.272. The van der Waals surface area contributed by atoms with Crippen LogP contribution in [-0.4, -0.2) is 20.3 Å². The fourth-order valence-electron chi connectivity index (χ4n) is 2.20. The minimum absolute atomic E-state index is 0.272. The number of hydrogen-bond acceptors (Lipinski definition) is 6. The number of para-hydroxylation sites is 1. The van der Waals surface area contributed by atoms with Gasteiger partial charge in [0.15, 0.2) is 5.69 Å². The number of benzene rings is 2. The molecule has 2 aromatic heterocycles. The van der Waals surface area contributed by atoms with E-state index in [4.69, 9.17) is 15.0 Å². The van der Waals surface area contributed by atoms with Gasteiger partial charge in [-0.2, -0.15) is 10.1 Å². The summed E-state index contributed by atoms with van der Waals surface area (Å²) in [5.41, 5.74) is 7.48. The van der Waals surface area contributed by atoms with Crippen molar-refractivity contribution in [2.75, 3.05) is 5.73 Å². The Morgan fingerprint density at radius 1 is 0.958 bits per heavy atom. The predicted molar refractivity (Wildman–Crippen MR) is 88.2 cm³/mol. The van der Waals surface area contributed by atoms with Crippen LogP contribution in [0.5, 0.6) is 11.5 Å². The molecule has 3 N–H and O–H groups in total. The lowest BCUT2D eigenvalue weighted by Crippen LogP contribution is -1.87. The second-order valence-electron chi connectivity index (χ2n) is 5.05. The third-order valence-electron chi connectivity index (χ3n) is 3.39. The molecule has 0 atom stereocenters. The molecule has 0 aliphatic carbocycles. The van der Waals surface area contributed by atoms with Gasteiger partial charge in [0.25, 0.3) is 5.89 Å². The average Bonchev–Trinajstić information content (AvgIpc) is 3.25. The SMILES string of the molecule is Nc1c[nH]nc1-c1nc(-c2ccc(Oc3ccccc3)cc2)no1. The molecule has 0 aliphatic rings. The van der Waals surface area contributed by atoms with E-state index in [-0.39, 0.29) is 5.89 Å². The maximum atomic E-state index is 5.78. The number of nitrogens with one attached hydrogen (secondary N) is 1. The monoisotopic (exact) mass is 319 g/mol. The van der Waals surface area contributed by atoms with Crippen molar-refractivity contribution in [2.45, 2.75) is 0 Å². The van der Waals surface area contributed by atoms with Crippen LogP contribution in [0.25, 0.3) is 23.0 Å². The molecular weight excluding hydrogens is 306 g/mol. The molecular formula is C17H13N5O2. The number of nitrogens with zero attached hydrogens (tertiary/aromatic N) is 3. The lowest BCUT2D eigenvalue weighted by molar-refractivity contribution is 0.431. The highest BCUT2D eigenvalue weighted by molar-refractivity contribution is 5.66. The van der Waals surface area contributed by atoms with Gasteiger partial charge in [0, 0.05) is 11.8 Å². The zero-order chi connectivity index (χ0) is 16.4. The zero-order valence-corrected chi connectivity index (χ0v) is 12.5. The number of anilines is 1. The summed E-state index contributed by atoms with van der Waals surface area (Å²) in [5, 5.41) is 10.6. The molecule has 118 valence electrons. The van der Waals surface area contributed by atoms with Gasteiger partial charge in [-0.05, 0) is 36.4 Å². The minimum Gasteiger partial charge on any atom is -0.457 e. The molecule has 0 radical (unpaired) electrons. The van der Waals surface area contributed by atoms with E-state index in [9.17, 15) is 0 Å². The second kappa shape index (κ2) is 5.88. The molecule has 4 rings (SSSR count). The quantitative estimate of drug-likeness (QED) is 0.596. The largest absolute Gasteiger partial charge is 0.457 e. The molecule has 0 aliphatic heterocycles. The van der Waals surface area contributed by atoms with Crippen LogP contribution >= 0.6 is 0 Å². The molecule has 0 spiro atoms. The summed E-state index contributed by atoms with van der Waals surface area (Å²) in [4.78, 5) is 4.32. The highest BCUT2D eigenvalue weighted by atomic mass is 16.5. The third-order valence-corrected chi connectivity index (χ3v) is 3.39. The van der Waals surface area contributed by atoms with E-state index in [1.807, 2.05) is 54.6 Å². The molecule has 0 amide bonds. The molecule has 2 aromatic carbocycles. The fraction of sp³-hybridized carbons (Fsp3) is 0. The molecule has 0 saturated heterocycles. The standard InChI is InChI=1S/C17H13N5O2/c18-14-10-19-21-15(14)17-20-16(22-24-17)11-6-8-13(9-7-11)23-12-4-2-1-3-5-12/h1-10H,18H2,(H,19,21). The molecule has 0 unspecified atom stereocenters. The first-order valence-electron chi connectivity index (χ1n) is 7.26. The van der Waals surface area contributed by atoms with Crippen LogP contribution in [0, 0.1) is 0 Å². The van der Waals surface area contributed by atoms with Crippen LogP contribution in [0.2, 0.25) is 0 Å². The zero-order valence-electron chi connectivity index (χ0n) is 12.5. The first kappa shape index (κ1) is 14.0. The molecule has 0 bridgehead atoms.